The molecule has 6 heteroatoms. The maximum atomic E-state index is 12.4. The number of fused-ring (bicyclic) bond motifs is 1. The maximum Gasteiger partial charge on any atom is 0.244 e. The standard InChI is InChI=1S/C21H18BrN3O2/c22-16-7-8-20-18(12-16)19(10-11-27-20)24-21(26)9-6-15-13-23-25(14-15)17-4-2-1-3-5-17/h1-9,12-14,19H,10-11H2,(H,24,26)/b9-6+. The molecule has 0 fully saturated rings. The van der Waals surface area contributed by atoms with E-state index >= 15 is 0 Å². The topological polar surface area (TPSA) is 56.2 Å². The van der Waals surface area contributed by atoms with Crippen LogP contribution >= 0.6 is 15.9 Å². The molecular formula is C21H18BrN3O2. The van der Waals surface area contributed by atoms with Crippen LogP contribution in [0.25, 0.3) is 11.8 Å². The van der Waals surface area contributed by atoms with E-state index in [2.05, 4.69) is 26.3 Å². The van der Waals surface area contributed by atoms with Gasteiger partial charge in [-0.2, -0.15) is 5.10 Å². The van der Waals surface area contributed by atoms with Crippen molar-refractivity contribution >= 4 is 27.9 Å². The van der Waals surface area contributed by atoms with E-state index in [0.717, 1.165) is 33.5 Å². The molecule has 1 unspecified atom stereocenters. The summed E-state index contributed by atoms with van der Waals surface area (Å²) < 4.78 is 8.41. The molecule has 4 rings (SSSR count). The molecule has 5 nitrogen and oxygen atoms in total. The van der Waals surface area contributed by atoms with Gasteiger partial charge in [0.25, 0.3) is 0 Å². The molecule has 0 aliphatic carbocycles. The van der Waals surface area contributed by atoms with Crippen LogP contribution in [0.1, 0.15) is 23.6 Å². The van der Waals surface area contributed by atoms with Crippen LogP contribution in [0, 0.1) is 0 Å². The Hall–Kier alpha value is -2.86. The van der Waals surface area contributed by atoms with E-state index in [1.807, 2.05) is 54.7 Å². The lowest BCUT2D eigenvalue weighted by Crippen LogP contribution is -2.30. The predicted octanol–water partition coefficient (Wildman–Crippen LogP) is 4.29. The quantitative estimate of drug-likeness (QED) is 0.636. The number of ether oxygens (including phenoxy) is 1. The minimum Gasteiger partial charge on any atom is -0.493 e. The number of halogens is 1. The molecule has 2 aromatic carbocycles. The van der Waals surface area contributed by atoms with Crippen LogP contribution in [0.2, 0.25) is 0 Å². The number of nitrogens with zero attached hydrogens (tertiary/aromatic N) is 2. The van der Waals surface area contributed by atoms with Gasteiger partial charge in [-0.25, -0.2) is 4.68 Å². The van der Waals surface area contributed by atoms with Gasteiger partial charge in [0.05, 0.1) is 24.5 Å². The van der Waals surface area contributed by atoms with Gasteiger partial charge in [-0.3, -0.25) is 4.79 Å². The number of carbonyl (C=O) groups is 1. The Morgan fingerprint density at radius 2 is 2.11 bits per heavy atom. The van der Waals surface area contributed by atoms with Gasteiger partial charge in [-0.05, 0) is 36.4 Å². The number of nitrogens with one attached hydrogen (secondary N) is 1. The summed E-state index contributed by atoms with van der Waals surface area (Å²) in [5, 5.41) is 7.39. The number of amides is 1. The number of para-hydroxylation sites is 1. The minimum atomic E-state index is -0.139. The summed E-state index contributed by atoms with van der Waals surface area (Å²) in [5.41, 5.74) is 2.84. The van der Waals surface area contributed by atoms with E-state index in [4.69, 9.17) is 4.74 Å². The molecule has 1 aromatic heterocycles. The lowest BCUT2D eigenvalue weighted by atomic mass is 10.0. The lowest BCUT2D eigenvalue weighted by molar-refractivity contribution is -0.117. The molecule has 1 N–H and O–H groups in total. The number of hydrogen-bond acceptors (Lipinski definition) is 3. The number of aromatic nitrogens is 2. The van der Waals surface area contributed by atoms with Gasteiger partial charge in [0.2, 0.25) is 5.91 Å². The number of carbonyl (C=O) groups excluding carboxylic acids is 1. The van der Waals surface area contributed by atoms with E-state index in [9.17, 15) is 4.79 Å². The third-order valence-electron chi connectivity index (χ3n) is 4.38. The van der Waals surface area contributed by atoms with Gasteiger partial charge < -0.3 is 10.1 Å². The van der Waals surface area contributed by atoms with Gasteiger partial charge in [0.1, 0.15) is 5.75 Å². The largest absolute Gasteiger partial charge is 0.493 e. The SMILES string of the molecule is O=C(/C=C/c1cnn(-c2ccccc2)c1)NC1CCOc2ccc(Br)cc21. The summed E-state index contributed by atoms with van der Waals surface area (Å²) in [7, 11) is 0. The third kappa shape index (κ3) is 4.11. The second-order valence-corrected chi connectivity index (χ2v) is 7.18. The minimum absolute atomic E-state index is 0.0598. The normalized spacial score (nSPS) is 16.0. The molecule has 2 heterocycles. The maximum absolute atomic E-state index is 12.4. The van der Waals surface area contributed by atoms with Crippen molar-refractivity contribution < 1.29 is 9.53 Å². The number of benzene rings is 2. The van der Waals surface area contributed by atoms with E-state index in [0.29, 0.717) is 6.61 Å². The van der Waals surface area contributed by atoms with E-state index in [-0.39, 0.29) is 11.9 Å². The molecule has 0 saturated heterocycles. The molecule has 0 bridgehead atoms. The highest BCUT2D eigenvalue weighted by molar-refractivity contribution is 9.10. The lowest BCUT2D eigenvalue weighted by Gasteiger charge is -2.26. The van der Waals surface area contributed by atoms with Gasteiger partial charge in [0, 0.05) is 34.3 Å². The van der Waals surface area contributed by atoms with Crippen LogP contribution in [-0.4, -0.2) is 22.3 Å². The van der Waals surface area contributed by atoms with Gasteiger partial charge >= 0.3 is 0 Å². The van der Waals surface area contributed by atoms with Crippen molar-refractivity contribution in [3.05, 3.63) is 82.6 Å². The van der Waals surface area contributed by atoms with Crippen molar-refractivity contribution in [1.82, 2.24) is 15.1 Å². The van der Waals surface area contributed by atoms with Crippen LogP contribution in [0.4, 0.5) is 0 Å². The molecule has 0 spiro atoms. The first-order valence-corrected chi connectivity index (χ1v) is 9.49. The van der Waals surface area contributed by atoms with Crippen molar-refractivity contribution in [1.29, 1.82) is 0 Å². The summed E-state index contributed by atoms with van der Waals surface area (Å²) in [6, 6.07) is 15.6. The molecule has 1 aliphatic rings. The Bertz CT molecular complexity index is 982. The van der Waals surface area contributed by atoms with Gasteiger partial charge in [0.15, 0.2) is 0 Å². The smallest absolute Gasteiger partial charge is 0.244 e. The Morgan fingerprint density at radius 3 is 2.96 bits per heavy atom. The van der Waals surface area contributed by atoms with Crippen LogP contribution in [-0.2, 0) is 4.79 Å². The second kappa shape index (κ2) is 7.80. The third-order valence-corrected chi connectivity index (χ3v) is 4.87. The van der Waals surface area contributed by atoms with Crippen molar-refractivity contribution in [3.8, 4) is 11.4 Å². The molecule has 0 saturated carbocycles. The average molecular weight is 424 g/mol. The van der Waals surface area contributed by atoms with Crippen LogP contribution in [0.5, 0.6) is 5.75 Å². The molecule has 136 valence electrons. The molecule has 1 amide bonds. The van der Waals surface area contributed by atoms with E-state index in [1.54, 1.807) is 23.0 Å². The fraction of sp³-hybridized carbons (Fsp3) is 0.143. The Balaban J connectivity index is 1.43. The number of rotatable bonds is 4. The first kappa shape index (κ1) is 17.5. The summed E-state index contributed by atoms with van der Waals surface area (Å²) in [5.74, 6) is 0.683. The molecular weight excluding hydrogens is 406 g/mol. The van der Waals surface area contributed by atoms with Crippen LogP contribution in [0.15, 0.2) is 71.5 Å². The monoisotopic (exact) mass is 423 g/mol. The van der Waals surface area contributed by atoms with Crippen molar-refractivity contribution in [3.63, 3.8) is 0 Å². The zero-order chi connectivity index (χ0) is 18.6. The fourth-order valence-electron chi connectivity index (χ4n) is 3.05. The van der Waals surface area contributed by atoms with Gasteiger partial charge in [-0.1, -0.05) is 34.1 Å². The zero-order valence-corrected chi connectivity index (χ0v) is 16.1. The van der Waals surface area contributed by atoms with E-state index < -0.39 is 0 Å². The summed E-state index contributed by atoms with van der Waals surface area (Å²) in [6.07, 6.45) is 7.68. The summed E-state index contributed by atoms with van der Waals surface area (Å²) in [6.45, 7) is 0.590. The molecule has 0 radical (unpaired) electrons. The van der Waals surface area contributed by atoms with Crippen molar-refractivity contribution in [2.24, 2.45) is 0 Å². The molecule has 27 heavy (non-hydrogen) atoms. The van der Waals surface area contributed by atoms with E-state index in [1.165, 1.54) is 0 Å². The molecule has 1 atom stereocenters. The van der Waals surface area contributed by atoms with Gasteiger partial charge in [-0.15, -0.1) is 0 Å². The zero-order valence-electron chi connectivity index (χ0n) is 14.5. The Kier molecular flexibility index (Phi) is 5.07. The molecule has 3 aromatic rings. The first-order chi connectivity index (χ1) is 13.2. The van der Waals surface area contributed by atoms with Crippen molar-refractivity contribution in [2.45, 2.75) is 12.5 Å². The highest BCUT2D eigenvalue weighted by Gasteiger charge is 2.22. The first-order valence-electron chi connectivity index (χ1n) is 8.70. The number of hydrogen-bond donors (Lipinski definition) is 1. The predicted molar refractivity (Wildman–Crippen MR) is 108 cm³/mol. The second-order valence-electron chi connectivity index (χ2n) is 6.27. The Labute approximate surface area is 165 Å². The molecule has 1 aliphatic heterocycles. The summed E-state index contributed by atoms with van der Waals surface area (Å²) in [4.78, 5) is 12.4. The highest BCUT2D eigenvalue weighted by Crippen LogP contribution is 2.34. The highest BCUT2D eigenvalue weighted by atomic mass is 79.9. The van der Waals surface area contributed by atoms with Crippen LogP contribution < -0.4 is 10.1 Å². The average Bonchev–Trinajstić information content (AvgIpc) is 3.17. The van der Waals surface area contributed by atoms with Crippen LogP contribution in [0.3, 0.4) is 0 Å². The Morgan fingerprint density at radius 1 is 1.26 bits per heavy atom. The van der Waals surface area contributed by atoms with Crippen molar-refractivity contribution in [2.75, 3.05) is 6.61 Å². The summed E-state index contributed by atoms with van der Waals surface area (Å²) >= 11 is 3.48. The fourth-order valence-corrected chi connectivity index (χ4v) is 3.43.